The quantitative estimate of drug-likeness (QED) is 0.632. The first kappa shape index (κ1) is 19.0. The first-order chi connectivity index (χ1) is 13.6. The first-order valence-electron chi connectivity index (χ1n) is 8.49. The van der Waals surface area contributed by atoms with Crippen molar-refractivity contribution in [2.75, 3.05) is 17.2 Å². The van der Waals surface area contributed by atoms with Gasteiger partial charge in [0.25, 0.3) is 5.91 Å². The van der Waals surface area contributed by atoms with Gasteiger partial charge in [0.2, 0.25) is 0 Å². The van der Waals surface area contributed by atoms with Crippen LogP contribution in [0.5, 0.6) is 0 Å². The van der Waals surface area contributed by atoms with Crippen LogP contribution in [0.15, 0.2) is 60.9 Å². The van der Waals surface area contributed by atoms with E-state index < -0.39 is 11.9 Å². The Morgan fingerprint density at radius 1 is 1.07 bits per heavy atom. The molecule has 0 fully saturated rings. The Morgan fingerprint density at radius 3 is 2.61 bits per heavy atom. The molecule has 0 unspecified atom stereocenters. The topological polar surface area (TPSA) is 93.2 Å². The van der Waals surface area contributed by atoms with E-state index in [2.05, 4.69) is 20.6 Å². The molecule has 0 aliphatic rings. The molecule has 0 atom stereocenters. The number of esters is 1. The van der Waals surface area contributed by atoms with Gasteiger partial charge in [-0.1, -0.05) is 18.2 Å². The predicted octanol–water partition coefficient (Wildman–Crippen LogP) is 3.79. The number of carbonyl (C=O) groups is 2. The number of anilines is 3. The van der Waals surface area contributed by atoms with Crippen molar-refractivity contribution in [2.45, 2.75) is 6.92 Å². The van der Waals surface area contributed by atoms with E-state index in [1.165, 1.54) is 24.5 Å². The molecular weight excluding hydrogens is 363 g/mol. The fourth-order valence-corrected chi connectivity index (χ4v) is 2.39. The molecule has 2 aromatic carbocycles. The summed E-state index contributed by atoms with van der Waals surface area (Å²) in [4.78, 5) is 32.6. The minimum absolute atomic E-state index is 0.0588. The maximum Gasteiger partial charge on any atom is 0.340 e. The molecule has 0 saturated heterocycles. The summed E-state index contributed by atoms with van der Waals surface area (Å²) in [6.45, 7) is 1.93. The molecule has 1 amide bonds. The molecule has 8 heteroatoms. The van der Waals surface area contributed by atoms with Crippen LogP contribution in [0.2, 0.25) is 0 Å². The van der Waals surface area contributed by atoms with E-state index in [1.807, 2.05) is 0 Å². The van der Waals surface area contributed by atoms with Crippen molar-refractivity contribution in [1.29, 1.82) is 0 Å². The van der Waals surface area contributed by atoms with Crippen molar-refractivity contribution in [2.24, 2.45) is 0 Å². The SMILES string of the molecule is CCOC(=O)c1ccccc1NC(=O)c1cnc(Nc2cccc(F)c2)cn1. The van der Waals surface area contributed by atoms with Gasteiger partial charge in [0.15, 0.2) is 0 Å². The molecule has 1 aromatic heterocycles. The Labute approximate surface area is 160 Å². The second-order valence-corrected chi connectivity index (χ2v) is 5.64. The number of nitrogens with one attached hydrogen (secondary N) is 2. The lowest BCUT2D eigenvalue weighted by molar-refractivity contribution is 0.0527. The van der Waals surface area contributed by atoms with Crippen molar-refractivity contribution in [3.05, 3.63) is 78.0 Å². The standard InChI is InChI=1S/C20H17FN4O3/c1-2-28-20(27)15-8-3-4-9-16(15)25-19(26)17-11-23-18(12-22-17)24-14-7-5-6-13(21)10-14/h3-12H,2H2,1H3,(H,23,24)(H,25,26). The van der Waals surface area contributed by atoms with Crippen molar-refractivity contribution >= 4 is 29.1 Å². The Hall–Kier alpha value is -3.81. The number of ether oxygens (including phenoxy) is 1. The number of benzene rings is 2. The van der Waals surface area contributed by atoms with Gasteiger partial charge in [-0.2, -0.15) is 0 Å². The van der Waals surface area contributed by atoms with E-state index in [0.29, 0.717) is 17.2 Å². The maximum absolute atomic E-state index is 13.2. The molecule has 0 spiro atoms. The Bertz CT molecular complexity index is 993. The van der Waals surface area contributed by atoms with Crippen molar-refractivity contribution < 1.29 is 18.7 Å². The number of nitrogens with zero attached hydrogens (tertiary/aromatic N) is 2. The Morgan fingerprint density at radius 2 is 1.89 bits per heavy atom. The maximum atomic E-state index is 13.2. The third-order valence-electron chi connectivity index (χ3n) is 3.65. The lowest BCUT2D eigenvalue weighted by Crippen LogP contribution is -2.17. The van der Waals surface area contributed by atoms with Gasteiger partial charge in [-0.3, -0.25) is 4.79 Å². The smallest absolute Gasteiger partial charge is 0.340 e. The third-order valence-corrected chi connectivity index (χ3v) is 3.65. The van der Waals surface area contributed by atoms with Gasteiger partial charge >= 0.3 is 5.97 Å². The van der Waals surface area contributed by atoms with E-state index >= 15 is 0 Å². The van der Waals surface area contributed by atoms with Crippen molar-refractivity contribution in [1.82, 2.24) is 9.97 Å². The largest absolute Gasteiger partial charge is 0.462 e. The number of hydrogen-bond acceptors (Lipinski definition) is 6. The number of carbonyl (C=O) groups excluding carboxylic acids is 2. The van der Waals surface area contributed by atoms with Crippen LogP contribution in [0.25, 0.3) is 0 Å². The second kappa shape index (κ2) is 8.72. The van der Waals surface area contributed by atoms with Gasteiger partial charge in [0.1, 0.15) is 17.3 Å². The van der Waals surface area contributed by atoms with E-state index in [0.717, 1.165) is 0 Å². The molecule has 0 aliphatic carbocycles. The predicted molar refractivity (Wildman–Crippen MR) is 102 cm³/mol. The number of rotatable bonds is 6. The van der Waals surface area contributed by atoms with Gasteiger partial charge in [-0.15, -0.1) is 0 Å². The van der Waals surface area contributed by atoms with Gasteiger partial charge < -0.3 is 15.4 Å². The van der Waals surface area contributed by atoms with Crippen LogP contribution in [0, 0.1) is 5.82 Å². The highest BCUT2D eigenvalue weighted by Gasteiger charge is 2.15. The molecule has 0 bridgehead atoms. The summed E-state index contributed by atoms with van der Waals surface area (Å²) in [6.07, 6.45) is 2.64. The van der Waals surface area contributed by atoms with Crippen molar-refractivity contribution in [3.63, 3.8) is 0 Å². The average Bonchev–Trinajstić information content (AvgIpc) is 2.69. The Kier molecular flexibility index (Phi) is 5.91. The van der Waals surface area contributed by atoms with Gasteiger partial charge in [-0.25, -0.2) is 19.2 Å². The number of hydrogen-bond donors (Lipinski definition) is 2. The number of amides is 1. The molecule has 2 N–H and O–H groups in total. The molecule has 3 aromatic rings. The fourth-order valence-electron chi connectivity index (χ4n) is 2.39. The van der Waals surface area contributed by atoms with E-state index in [1.54, 1.807) is 43.3 Å². The zero-order valence-electron chi connectivity index (χ0n) is 15.0. The lowest BCUT2D eigenvalue weighted by atomic mass is 10.1. The summed E-state index contributed by atoms with van der Waals surface area (Å²) < 4.78 is 18.2. The summed E-state index contributed by atoms with van der Waals surface area (Å²) in [5.41, 5.74) is 1.13. The van der Waals surface area contributed by atoms with E-state index in [9.17, 15) is 14.0 Å². The molecule has 0 saturated carbocycles. The molecule has 28 heavy (non-hydrogen) atoms. The average molecular weight is 380 g/mol. The summed E-state index contributed by atoms with van der Waals surface area (Å²) in [5.74, 6) is -1.08. The van der Waals surface area contributed by atoms with Crippen LogP contribution < -0.4 is 10.6 Å². The second-order valence-electron chi connectivity index (χ2n) is 5.64. The van der Waals surface area contributed by atoms with Crippen LogP contribution in [0.1, 0.15) is 27.8 Å². The zero-order valence-corrected chi connectivity index (χ0v) is 15.0. The zero-order chi connectivity index (χ0) is 19.9. The van der Waals surface area contributed by atoms with Gasteiger partial charge in [0, 0.05) is 5.69 Å². The number of halogens is 1. The number of para-hydroxylation sites is 1. The van der Waals surface area contributed by atoms with E-state index in [4.69, 9.17) is 4.74 Å². The molecule has 7 nitrogen and oxygen atoms in total. The minimum atomic E-state index is -0.529. The van der Waals surface area contributed by atoms with Crippen LogP contribution in [0.4, 0.5) is 21.6 Å². The normalized spacial score (nSPS) is 10.2. The highest BCUT2D eigenvalue weighted by atomic mass is 19.1. The monoisotopic (exact) mass is 380 g/mol. The van der Waals surface area contributed by atoms with Gasteiger partial charge in [-0.05, 0) is 37.3 Å². The summed E-state index contributed by atoms with van der Waals surface area (Å²) in [7, 11) is 0. The van der Waals surface area contributed by atoms with E-state index in [-0.39, 0.29) is 23.7 Å². The molecular formula is C20H17FN4O3. The highest BCUT2D eigenvalue weighted by Crippen LogP contribution is 2.18. The molecule has 0 radical (unpaired) electrons. The Balaban J connectivity index is 1.71. The first-order valence-corrected chi connectivity index (χ1v) is 8.49. The number of aromatic nitrogens is 2. The molecule has 1 heterocycles. The van der Waals surface area contributed by atoms with Crippen LogP contribution in [0.3, 0.4) is 0 Å². The highest BCUT2D eigenvalue weighted by molar-refractivity contribution is 6.07. The van der Waals surface area contributed by atoms with Crippen molar-refractivity contribution in [3.8, 4) is 0 Å². The third kappa shape index (κ3) is 4.67. The minimum Gasteiger partial charge on any atom is -0.462 e. The summed E-state index contributed by atoms with van der Waals surface area (Å²) in [5, 5.41) is 5.52. The summed E-state index contributed by atoms with van der Waals surface area (Å²) >= 11 is 0. The van der Waals surface area contributed by atoms with Crippen LogP contribution >= 0.6 is 0 Å². The fraction of sp³-hybridized carbons (Fsp3) is 0.100. The van der Waals surface area contributed by atoms with Crippen LogP contribution in [-0.2, 0) is 4.74 Å². The molecule has 3 rings (SSSR count). The molecule has 0 aliphatic heterocycles. The lowest BCUT2D eigenvalue weighted by Gasteiger charge is -2.10. The van der Waals surface area contributed by atoms with Gasteiger partial charge in [0.05, 0.1) is 30.3 Å². The summed E-state index contributed by atoms with van der Waals surface area (Å²) in [6, 6.07) is 12.4. The molecule has 142 valence electrons. The van der Waals surface area contributed by atoms with Crippen LogP contribution in [-0.4, -0.2) is 28.5 Å².